The molecule has 1 aliphatic carbocycles. The molecule has 1 aliphatic rings. The van der Waals surface area contributed by atoms with Crippen molar-refractivity contribution in [3.05, 3.63) is 96.6 Å². The van der Waals surface area contributed by atoms with Gasteiger partial charge in [-0.1, -0.05) is 78.9 Å². The number of hydrogen-bond donors (Lipinski definition) is 0. The van der Waals surface area contributed by atoms with Gasteiger partial charge in [-0.2, -0.15) is 0 Å². The zero-order chi connectivity index (χ0) is 22.6. The van der Waals surface area contributed by atoms with E-state index in [0.29, 0.717) is 56.7 Å². The number of benzene rings is 2. The molecule has 0 aliphatic heterocycles. The maximum atomic E-state index is 11.1. The Morgan fingerprint density at radius 2 is 1.44 bits per heavy atom. The van der Waals surface area contributed by atoms with Crippen molar-refractivity contribution in [2.24, 2.45) is 23.7 Å². The van der Waals surface area contributed by atoms with Crippen molar-refractivity contribution >= 4 is 5.97 Å². The molecule has 0 aromatic heterocycles. The van der Waals surface area contributed by atoms with Gasteiger partial charge in [0.2, 0.25) is 0 Å². The van der Waals surface area contributed by atoms with Crippen molar-refractivity contribution in [2.45, 2.75) is 26.6 Å². The van der Waals surface area contributed by atoms with E-state index in [1.54, 1.807) is 0 Å². The smallest absolute Gasteiger partial charge is 0.302 e. The van der Waals surface area contributed by atoms with E-state index in [2.05, 4.69) is 43.0 Å². The molecule has 2 aromatic carbocycles. The highest BCUT2D eigenvalue weighted by Gasteiger charge is 2.40. The first-order valence-electron chi connectivity index (χ1n) is 11.3. The number of allylic oxidation sites excluding steroid dienone is 2. The van der Waals surface area contributed by atoms with E-state index in [9.17, 15) is 4.79 Å². The number of rotatable bonds is 12. The molecular weight excluding hydrogens is 400 g/mol. The monoisotopic (exact) mass is 434 g/mol. The summed E-state index contributed by atoms with van der Waals surface area (Å²) in [5.74, 6) is 1.07. The van der Waals surface area contributed by atoms with Gasteiger partial charge in [0.25, 0.3) is 0 Å². The van der Waals surface area contributed by atoms with Crippen molar-refractivity contribution in [2.75, 3.05) is 19.8 Å². The van der Waals surface area contributed by atoms with Crippen LogP contribution in [0.15, 0.2) is 85.5 Å². The van der Waals surface area contributed by atoms with E-state index in [4.69, 9.17) is 14.2 Å². The maximum absolute atomic E-state index is 11.1. The standard InChI is InChI=1S/C28H34O4/c1-3-25-17-26(15-10-16-32-22(2)29)28(21-31-19-24-13-8-5-9-14-24)27(25)20-30-18-23-11-6-4-7-12-23/h3-15,25-28H,1,16-21H2,2H3/b15-10+/t25-,26+,27-,28+/m0/s1. The Morgan fingerprint density at radius 3 is 1.94 bits per heavy atom. The molecule has 1 fully saturated rings. The van der Waals surface area contributed by atoms with Gasteiger partial charge in [0.15, 0.2) is 0 Å². The fraction of sp³-hybridized carbons (Fsp3) is 0.393. The van der Waals surface area contributed by atoms with Crippen molar-refractivity contribution < 1.29 is 19.0 Å². The van der Waals surface area contributed by atoms with E-state index in [0.717, 1.165) is 6.42 Å². The Balaban J connectivity index is 1.63. The molecule has 0 saturated heterocycles. The van der Waals surface area contributed by atoms with Crippen LogP contribution in [0.1, 0.15) is 24.5 Å². The van der Waals surface area contributed by atoms with Gasteiger partial charge in [-0.05, 0) is 41.2 Å². The van der Waals surface area contributed by atoms with Crippen molar-refractivity contribution in [3.63, 3.8) is 0 Å². The molecule has 2 aromatic rings. The molecular formula is C28H34O4. The SMILES string of the molecule is C=C[C@H]1C[C@@H](/C=C/COC(C)=O)[C@@H](COCc2ccccc2)[C@H]1COCc1ccccc1. The number of carbonyl (C=O) groups excluding carboxylic acids is 1. The molecule has 4 heteroatoms. The minimum absolute atomic E-state index is 0.264. The molecule has 0 amide bonds. The van der Waals surface area contributed by atoms with Gasteiger partial charge in [0, 0.05) is 6.92 Å². The number of ether oxygens (including phenoxy) is 3. The van der Waals surface area contributed by atoms with Gasteiger partial charge in [-0.3, -0.25) is 4.79 Å². The Labute approximate surface area is 191 Å². The molecule has 1 saturated carbocycles. The van der Waals surface area contributed by atoms with Crippen LogP contribution in [0.3, 0.4) is 0 Å². The molecule has 170 valence electrons. The van der Waals surface area contributed by atoms with Crippen LogP contribution in [-0.4, -0.2) is 25.8 Å². The second-order valence-corrected chi connectivity index (χ2v) is 8.36. The summed E-state index contributed by atoms with van der Waals surface area (Å²) < 4.78 is 17.4. The van der Waals surface area contributed by atoms with E-state index >= 15 is 0 Å². The van der Waals surface area contributed by atoms with E-state index in [1.165, 1.54) is 18.1 Å². The van der Waals surface area contributed by atoms with E-state index < -0.39 is 0 Å². The second-order valence-electron chi connectivity index (χ2n) is 8.36. The third kappa shape index (κ3) is 7.47. The molecule has 0 N–H and O–H groups in total. The third-order valence-electron chi connectivity index (χ3n) is 6.11. The summed E-state index contributed by atoms with van der Waals surface area (Å²) in [7, 11) is 0. The quantitative estimate of drug-likeness (QED) is 0.322. The van der Waals surface area contributed by atoms with Crippen LogP contribution < -0.4 is 0 Å². The highest BCUT2D eigenvalue weighted by Crippen LogP contribution is 2.43. The normalized spacial score (nSPS) is 22.8. The Bertz CT molecular complexity index is 846. The van der Waals surface area contributed by atoms with Gasteiger partial charge in [0.1, 0.15) is 6.61 Å². The zero-order valence-electron chi connectivity index (χ0n) is 18.9. The van der Waals surface area contributed by atoms with Gasteiger partial charge >= 0.3 is 5.97 Å². The summed E-state index contributed by atoms with van der Waals surface area (Å²) in [5, 5.41) is 0. The molecule has 0 bridgehead atoms. The molecule has 4 nitrogen and oxygen atoms in total. The lowest BCUT2D eigenvalue weighted by atomic mass is 9.88. The van der Waals surface area contributed by atoms with Crippen LogP contribution in [0.5, 0.6) is 0 Å². The molecule has 0 heterocycles. The van der Waals surface area contributed by atoms with Gasteiger partial charge in [0.05, 0.1) is 26.4 Å². The number of carbonyl (C=O) groups is 1. The lowest BCUT2D eigenvalue weighted by molar-refractivity contribution is -0.139. The summed E-state index contributed by atoms with van der Waals surface area (Å²) >= 11 is 0. The van der Waals surface area contributed by atoms with Crippen molar-refractivity contribution in [1.82, 2.24) is 0 Å². The average Bonchev–Trinajstić information content (AvgIpc) is 3.14. The van der Waals surface area contributed by atoms with Crippen LogP contribution >= 0.6 is 0 Å². The topological polar surface area (TPSA) is 44.8 Å². The zero-order valence-corrected chi connectivity index (χ0v) is 18.9. The molecule has 4 atom stereocenters. The third-order valence-corrected chi connectivity index (χ3v) is 6.11. The van der Waals surface area contributed by atoms with Crippen LogP contribution in [0.4, 0.5) is 0 Å². The Hall–Kier alpha value is -2.69. The fourth-order valence-corrected chi connectivity index (χ4v) is 4.46. The number of esters is 1. The minimum atomic E-state index is -0.264. The van der Waals surface area contributed by atoms with E-state index in [1.807, 2.05) is 42.5 Å². The van der Waals surface area contributed by atoms with Crippen LogP contribution in [0, 0.1) is 23.7 Å². The lowest BCUT2D eigenvalue weighted by Gasteiger charge is -2.25. The predicted molar refractivity (Wildman–Crippen MR) is 127 cm³/mol. The first-order chi connectivity index (χ1) is 15.7. The molecule has 0 spiro atoms. The highest BCUT2D eigenvalue weighted by molar-refractivity contribution is 5.65. The summed E-state index contributed by atoms with van der Waals surface area (Å²) in [6, 6.07) is 20.5. The van der Waals surface area contributed by atoms with Gasteiger partial charge in [-0.15, -0.1) is 6.58 Å². The fourth-order valence-electron chi connectivity index (χ4n) is 4.46. The maximum Gasteiger partial charge on any atom is 0.302 e. The Kier molecular flexibility index (Phi) is 9.73. The highest BCUT2D eigenvalue weighted by atomic mass is 16.5. The van der Waals surface area contributed by atoms with Crippen molar-refractivity contribution in [3.8, 4) is 0 Å². The largest absolute Gasteiger partial charge is 0.462 e. The van der Waals surface area contributed by atoms with Crippen molar-refractivity contribution in [1.29, 1.82) is 0 Å². The van der Waals surface area contributed by atoms with Gasteiger partial charge < -0.3 is 14.2 Å². The molecule has 0 unspecified atom stereocenters. The summed E-state index contributed by atoms with van der Waals surface area (Å²) in [6.07, 6.45) is 7.18. The average molecular weight is 435 g/mol. The summed E-state index contributed by atoms with van der Waals surface area (Å²) in [5.41, 5.74) is 2.35. The first kappa shape index (κ1) is 24.0. The number of hydrogen-bond acceptors (Lipinski definition) is 4. The first-order valence-corrected chi connectivity index (χ1v) is 11.3. The molecule has 32 heavy (non-hydrogen) atoms. The van der Waals surface area contributed by atoms with Crippen LogP contribution in [0.25, 0.3) is 0 Å². The van der Waals surface area contributed by atoms with E-state index in [-0.39, 0.29) is 5.97 Å². The minimum Gasteiger partial charge on any atom is -0.462 e. The summed E-state index contributed by atoms with van der Waals surface area (Å²) in [4.78, 5) is 11.1. The summed E-state index contributed by atoms with van der Waals surface area (Å²) in [6.45, 7) is 8.33. The second kappa shape index (κ2) is 13.0. The Morgan fingerprint density at radius 1 is 0.906 bits per heavy atom. The molecule has 3 rings (SSSR count). The van der Waals surface area contributed by atoms with Gasteiger partial charge in [-0.25, -0.2) is 0 Å². The predicted octanol–water partition coefficient (Wildman–Crippen LogP) is 5.59. The lowest BCUT2D eigenvalue weighted by Crippen LogP contribution is -2.26. The van der Waals surface area contributed by atoms with Crippen LogP contribution in [0.2, 0.25) is 0 Å². The van der Waals surface area contributed by atoms with Crippen LogP contribution in [-0.2, 0) is 32.2 Å². The molecule has 0 radical (unpaired) electrons.